The zero-order valence-electron chi connectivity index (χ0n) is 23.3. The van der Waals surface area contributed by atoms with Gasteiger partial charge in [-0.2, -0.15) is 5.10 Å². The molecule has 7 rings (SSSR count). The summed E-state index contributed by atoms with van der Waals surface area (Å²) in [6.07, 6.45) is 13.5. The molecule has 0 unspecified atom stereocenters. The van der Waals surface area contributed by atoms with Crippen LogP contribution >= 0.6 is 0 Å². The number of hydrogen-bond acceptors (Lipinski definition) is 5. The molecular weight excluding hydrogens is 472 g/mol. The summed E-state index contributed by atoms with van der Waals surface area (Å²) in [5.74, 6) is 2.45. The van der Waals surface area contributed by atoms with Gasteiger partial charge in [-0.15, -0.1) is 0 Å². The number of benzene rings is 1. The predicted molar refractivity (Wildman–Crippen MR) is 154 cm³/mol. The van der Waals surface area contributed by atoms with E-state index in [1.165, 1.54) is 47.4 Å². The van der Waals surface area contributed by atoms with Gasteiger partial charge >= 0.3 is 0 Å². The molecule has 0 radical (unpaired) electrons. The van der Waals surface area contributed by atoms with E-state index in [1.807, 2.05) is 6.21 Å². The number of nitrogens with one attached hydrogen (secondary N) is 1. The van der Waals surface area contributed by atoms with Gasteiger partial charge in [-0.3, -0.25) is 4.79 Å². The van der Waals surface area contributed by atoms with Crippen LogP contribution in [0.2, 0.25) is 0 Å². The summed E-state index contributed by atoms with van der Waals surface area (Å²) in [6, 6.07) is 8.92. The standard InChI is InChI=1S/C32H44N4O2/c1-3-35(4-2)29-9-5-23(6-10-29)18-27-7-8-28(30(27)36-11-13-38-14-12-36)22-33-34-31(37)32-19-24-15-25(20-32)17-26(16-24)21-32/h5-6,9-10,18,22,24-26H,3-4,7-8,11-17,19-21H2,1-2H3,(H,34,37)/b27-18+,33-22-. The van der Waals surface area contributed by atoms with Crippen LogP contribution in [-0.2, 0) is 9.53 Å². The Morgan fingerprint density at radius 3 is 2.26 bits per heavy atom. The van der Waals surface area contributed by atoms with Crippen molar-refractivity contribution in [3.8, 4) is 0 Å². The maximum Gasteiger partial charge on any atom is 0.246 e. The van der Waals surface area contributed by atoms with E-state index in [0.717, 1.165) is 89.3 Å². The van der Waals surface area contributed by atoms with Gasteiger partial charge in [-0.05, 0) is 118 Å². The summed E-state index contributed by atoms with van der Waals surface area (Å²) in [7, 11) is 0. The lowest BCUT2D eigenvalue weighted by atomic mass is 9.49. The Morgan fingerprint density at radius 2 is 1.66 bits per heavy atom. The highest BCUT2D eigenvalue weighted by Crippen LogP contribution is 2.60. The van der Waals surface area contributed by atoms with Gasteiger partial charge in [0, 0.05) is 37.6 Å². The summed E-state index contributed by atoms with van der Waals surface area (Å²) in [6.45, 7) is 9.73. The summed E-state index contributed by atoms with van der Waals surface area (Å²) in [5.41, 5.74) is 9.22. The normalized spacial score (nSPS) is 31.6. The molecule has 5 fully saturated rings. The summed E-state index contributed by atoms with van der Waals surface area (Å²) in [5, 5.41) is 4.57. The highest BCUT2D eigenvalue weighted by atomic mass is 16.5. The third kappa shape index (κ3) is 5.04. The van der Waals surface area contributed by atoms with Crippen LogP contribution in [0.5, 0.6) is 0 Å². The molecule has 0 atom stereocenters. The first kappa shape index (κ1) is 25.7. The molecule has 6 heteroatoms. The van der Waals surface area contributed by atoms with Gasteiger partial charge in [0.25, 0.3) is 0 Å². The van der Waals surface area contributed by atoms with E-state index in [9.17, 15) is 4.79 Å². The lowest BCUT2D eigenvalue weighted by molar-refractivity contribution is -0.146. The fourth-order valence-electron chi connectivity index (χ4n) is 8.42. The first-order valence-electron chi connectivity index (χ1n) is 15.0. The molecule has 1 aliphatic heterocycles. The predicted octanol–water partition coefficient (Wildman–Crippen LogP) is 5.61. The number of hydrazone groups is 1. The first-order valence-corrected chi connectivity index (χ1v) is 15.0. The van der Waals surface area contributed by atoms with Gasteiger partial charge in [0.05, 0.1) is 24.8 Å². The third-order valence-electron chi connectivity index (χ3n) is 9.87. The second-order valence-electron chi connectivity index (χ2n) is 12.3. The third-order valence-corrected chi connectivity index (χ3v) is 9.87. The second-order valence-corrected chi connectivity index (χ2v) is 12.3. The summed E-state index contributed by atoms with van der Waals surface area (Å²) in [4.78, 5) is 18.2. The van der Waals surface area contributed by atoms with Crippen molar-refractivity contribution in [2.24, 2.45) is 28.3 Å². The van der Waals surface area contributed by atoms with Crippen LogP contribution in [0.15, 0.2) is 46.2 Å². The SMILES string of the molecule is CCN(CC)c1ccc(/C=C2\CCC(/C=N\NC(=O)C34CC5CC(CC(C5)C3)C4)=C2N2CCOCC2)cc1. The zero-order chi connectivity index (χ0) is 26.1. The molecule has 0 spiro atoms. The number of ether oxygens (including phenoxy) is 1. The number of anilines is 1. The van der Waals surface area contributed by atoms with E-state index in [0.29, 0.717) is 0 Å². The lowest BCUT2D eigenvalue weighted by Gasteiger charge is -2.55. The minimum atomic E-state index is -0.161. The van der Waals surface area contributed by atoms with E-state index in [1.54, 1.807) is 0 Å². The number of hydrogen-bond donors (Lipinski definition) is 1. The molecule has 38 heavy (non-hydrogen) atoms. The van der Waals surface area contributed by atoms with Crippen molar-refractivity contribution in [2.75, 3.05) is 44.3 Å². The second kappa shape index (κ2) is 10.9. The average molecular weight is 517 g/mol. The molecule has 4 saturated carbocycles. The molecular formula is C32H44N4O2. The molecule has 1 heterocycles. The minimum Gasteiger partial charge on any atom is -0.378 e. The quantitative estimate of drug-likeness (QED) is 0.360. The highest BCUT2D eigenvalue weighted by Gasteiger charge is 2.54. The lowest BCUT2D eigenvalue weighted by Crippen LogP contribution is -2.52. The maximum absolute atomic E-state index is 13.4. The Morgan fingerprint density at radius 1 is 1.03 bits per heavy atom. The molecule has 1 saturated heterocycles. The largest absolute Gasteiger partial charge is 0.378 e. The number of allylic oxidation sites excluding steroid dienone is 2. The number of carbonyl (C=O) groups excluding carboxylic acids is 1. The van der Waals surface area contributed by atoms with Crippen LogP contribution in [0.25, 0.3) is 6.08 Å². The van der Waals surface area contributed by atoms with Crippen molar-refractivity contribution in [1.82, 2.24) is 10.3 Å². The molecule has 1 aromatic carbocycles. The fraction of sp³-hybridized carbons (Fsp3) is 0.625. The van der Waals surface area contributed by atoms with Crippen molar-refractivity contribution < 1.29 is 9.53 Å². The van der Waals surface area contributed by atoms with E-state index < -0.39 is 0 Å². The average Bonchev–Trinajstić information content (AvgIpc) is 3.32. The molecule has 0 aromatic heterocycles. The number of carbonyl (C=O) groups is 1. The molecule has 4 bridgehead atoms. The van der Waals surface area contributed by atoms with E-state index >= 15 is 0 Å². The molecule has 1 N–H and O–H groups in total. The topological polar surface area (TPSA) is 57.2 Å². The number of morpholine rings is 1. The van der Waals surface area contributed by atoms with Crippen molar-refractivity contribution >= 4 is 23.9 Å². The van der Waals surface area contributed by atoms with Gasteiger partial charge in [0.15, 0.2) is 0 Å². The summed E-state index contributed by atoms with van der Waals surface area (Å²) >= 11 is 0. The van der Waals surface area contributed by atoms with Gasteiger partial charge in [0.1, 0.15) is 0 Å². The minimum absolute atomic E-state index is 0.161. The molecule has 1 amide bonds. The van der Waals surface area contributed by atoms with Crippen LogP contribution in [0.4, 0.5) is 5.69 Å². The fourth-order valence-corrected chi connectivity index (χ4v) is 8.42. The molecule has 204 valence electrons. The van der Waals surface area contributed by atoms with Gasteiger partial charge in [-0.25, -0.2) is 5.43 Å². The molecule has 1 aromatic rings. The Labute approximate surface area is 228 Å². The van der Waals surface area contributed by atoms with Crippen molar-refractivity contribution in [3.63, 3.8) is 0 Å². The molecule has 5 aliphatic carbocycles. The zero-order valence-corrected chi connectivity index (χ0v) is 23.3. The monoisotopic (exact) mass is 516 g/mol. The molecule has 6 aliphatic rings. The maximum atomic E-state index is 13.4. The van der Waals surface area contributed by atoms with E-state index in [4.69, 9.17) is 4.74 Å². The van der Waals surface area contributed by atoms with E-state index in [-0.39, 0.29) is 11.3 Å². The summed E-state index contributed by atoms with van der Waals surface area (Å²) < 4.78 is 5.66. The van der Waals surface area contributed by atoms with Gasteiger partial charge in [-0.1, -0.05) is 12.1 Å². The van der Waals surface area contributed by atoms with Crippen LogP contribution in [0, 0.1) is 23.2 Å². The Balaban J connectivity index is 1.20. The van der Waals surface area contributed by atoms with Crippen molar-refractivity contribution in [2.45, 2.75) is 65.2 Å². The Bertz CT molecular complexity index is 1070. The highest BCUT2D eigenvalue weighted by molar-refractivity contribution is 5.87. The van der Waals surface area contributed by atoms with Crippen LogP contribution in [0.1, 0.15) is 70.8 Å². The van der Waals surface area contributed by atoms with Gasteiger partial charge in [0.2, 0.25) is 5.91 Å². The Kier molecular flexibility index (Phi) is 7.35. The van der Waals surface area contributed by atoms with Crippen molar-refractivity contribution in [1.29, 1.82) is 0 Å². The van der Waals surface area contributed by atoms with Crippen LogP contribution in [0.3, 0.4) is 0 Å². The van der Waals surface area contributed by atoms with E-state index in [2.05, 4.69) is 64.5 Å². The van der Waals surface area contributed by atoms with Crippen molar-refractivity contribution in [3.05, 3.63) is 46.7 Å². The van der Waals surface area contributed by atoms with Crippen LogP contribution in [-0.4, -0.2) is 56.4 Å². The number of amides is 1. The number of nitrogens with zero attached hydrogens (tertiary/aromatic N) is 3. The Hall–Kier alpha value is -2.60. The molecule has 6 nitrogen and oxygen atoms in total. The number of rotatable bonds is 8. The first-order chi connectivity index (χ1) is 18.6. The smallest absolute Gasteiger partial charge is 0.246 e. The van der Waals surface area contributed by atoms with Gasteiger partial charge < -0.3 is 14.5 Å². The van der Waals surface area contributed by atoms with Crippen LogP contribution < -0.4 is 10.3 Å².